The fourth-order valence-electron chi connectivity index (χ4n) is 3.10. The van der Waals surface area contributed by atoms with Gasteiger partial charge in [-0.1, -0.05) is 50.5 Å². The van der Waals surface area contributed by atoms with E-state index in [1.807, 2.05) is 12.1 Å². The lowest BCUT2D eigenvalue weighted by atomic mass is 9.67. The van der Waals surface area contributed by atoms with E-state index in [-0.39, 0.29) is 5.91 Å². The van der Waals surface area contributed by atoms with Crippen LogP contribution < -0.4 is 5.73 Å². The molecule has 2 rings (SSSR count). The molecule has 0 radical (unpaired) electrons. The van der Waals surface area contributed by atoms with Gasteiger partial charge in [-0.05, 0) is 30.4 Å². The minimum absolute atomic E-state index is 0.141. The number of aryl methyl sites for hydroxylation is 1. The van der Waals surface area contributed by atoms with Crippen molar-refractivity contribution in [3.8, 4) is 0 Å². The van der Waals surface area contributed by atoms with Crippen molar-refractivity contribution in [3.05, 3.63) is 35.4 Å². The Morgan fingerprint density at radius 3 is 2.47 bits per heavy atom. The third-order valence-electron chi connectivity index (χ3n) is 4.09. The fourth-order valence-corrected chi connectivity index (χ4v) is 3.10. The van der Waals surface area contributed by atoms with Gasteiger partial charge < -0.3 is 5.73 Å². The average molecular weight is 231 g/mol. The van der Waals surface area contributed by atoms with Gasteiger partial charge in [0.15, 0.2) is 0 Å². The second kappa shape index (κ2) is 4.91. The summed E-state index contributed by atoms with van der Waals surface area (Å²) >= 11 is 0. The van der Waals surface area contributed by atoms with Crippen molar-refractivity contribution in [3.63, 3.8) is 0 Å². The van der Waals surface area contributed by atoms with Crippen molar-refractivity contribution in [1.29, 1.82) is 0 Å². The summed E-state index contributed by atoms with van der Waals surface area (Å²) in [5.41, 5.74) is 7.77. The first-order valence-electron chi connectivity index (χ1n) is 6.59. The summed E-state index contributed by atoms with van der Waals surface area (Å²) in [5.74, 6) is -0.141. The van der Waals surface area contributed by atoms with Crippen molar-refractivity contribution < 1.29 is 4.79 Å². The van der Waals surface area contributed by atoms with Crippen LogP contribution in [0.25, 0.3) is 0 Å². The Morgan fingerprint density at radius 2 is 1.88 bits per heavy atom. The number of hydrogen-bond donors (Lipinski definition) is 1. The van der Waals surface area contributed by atoms with Crippen LogP contribution in [-0.4, -0.2) is 5.91 Å². The van der Waals surface area contributed by atoms with Crippen LogP contribution in [0.5, 0.6) is 0 Å². The summed E-state index contributed by atoms with van der Waals surface area (Å²) in [6, 6.07) is 8.27. The summed E-state index contributed by atoms with van der Waals surface area (Å²) in [7, 11) is 0. The van der Waals surface area contributed by atoms with Crippen LogP contribution in [-0.2, 0) is 16.6 Å². The molecule has 0 aliphatic heterocycles. The predicted molar refractivity (Wildman–Crippen MR) is 69.8 cm³/mol. The van der Waals surface area contributed by atoms with E-state index in [9.17, 15) is 4.79 Å². The molecule has 2 N–H and O–H groups in total. The normalized spacial score (nSPS) is 18.9. The van der Waals surface area contributed by atoms with Crippen LogP contribution in [0.1, 0.15) is 50.2 Å². The lowest BCUT2D eigenvalue weighted by Gasteiger charge is -2.36. The minimum atomic E-state index is -0.398. The highest BCUT2D eigenvalue weighted by Crippen LogP contribution is 2.40. The van der Waals surface area contributed by atoms with Gasteiger partial charge in [0.05, 0.1) is 5.41 Å². The molecule has 1 aliphatic rings. The van der Waals surface area contributed by atoms with Gasteiger partial charge >= 0.3 is 0 Å². The zero-order valence-corrected chi connectivity index (χ0v) is 10.5. The first kappa shape index (κ1) is 12.2. The largest absolute Gasteiger partial charge is 0.369 e. The number of primary amides is 1. The summed E-state index contributed by atoms with van der Waals surface area (Å²) in [6.45, 7) is 2.14. The van der Waals surface area contributed by atoms with Crippen molar-refractivity contribution >= 4 is 5.91 Å². The van der Waals surface area contributed by atoms with Gasteiger partial charge in [0, 0.05) is 0 Å². The number of carbonyl (C=O) groups is 1. The lowest BCUT2D eigenvalue weighted by Crippen LogP contribution is -2.43. The third-order valence-corrected chi connectivity index (χ3v) is 4.09. The number of nitrogens with two attached hydrogens (primary N) is 1. The Morgan fingerprint density at radius 1 is 1.24 bits per heavy atom. The topological polar surface area (TPSA) is 43.1 Å². The van der Waals surface area contributed by atoms with Crippen molar-refractivity contribution in [2.75, 3.05) is 0 Å². The maximum absolute atomic E-state index is 12.0. The molecule has 0 bridgehead atoms. The summed E-state index contributed by atoms with van der Waals surface area (Å²) in [4.78, 5) is 12.0. The molecule has 0 saturated heterocycles. The highest BCUT2D eigenvalue weighted by molar-refractivity contribution is 5.87. The van der Waals surface area contributed by atoms with Crippen LogP contribution in [0.15, 0.2) is 24.3 Å². The highest BCUT2D eigenvalue weighted by Gasteiger charge is 2.40. The van der Waals surface area contributed by atoms with E-state index in [2.05, 4.69) is 19.1 Å². The molecule has 0 spiro atoms. The molecule has 1 aromatic carbocycles. The van der Waals surface area contributed by atoms with Crippen molar-refractivity contribution in [2.24, 2.45) is 5.73 Å². The summed E-state index contributed by atoms with van der Waals surface area (Å²) in [5, 5.41) is 0. The number of hydrogen-bond acceptors (Lipinski definition) is 1. The SMILES string of the molecule is CCc1ccccc1C1(C(N)=O)CCCCC1. The molecule has 1 aromatic rings. The molecule has 1 aliphatic carbocycles. The second-order valence-electron chi connectivity index (χ2n) is 5.02. The van der Waals surface area contributed by atoms with E-state index >= 15 is 0 Å². The Bertz CT molecular complexity index is 405. The fraction of sp³-hybridized carbons (Fsp3) is 0.533. The molecule has 2 heteroatoms. The molecule has 0 aromatic heterocycles. The van der Waals surface area contributed by atoms with Gasteiger partial charge in [-0.2, -0.15) is 0 Å². The molecule has 1 fully saturated rings. The Hall–Kier alpha value is -1.31. The number of benzene rings is 1. The van der Waals surface area contributed by atoms with Crippen molar-refractivity contribution in [1.82, 2.24) is 0 Å². The molecule has 17 heavy (non-hydrogen) atoms. The Kier molecular flexibility index (Phi) is 3.51. The monoisotopic (exact) mass is 231 g/mol. The standard InChI is InChI=1S/C15H21NO/c1-2-12-8-4-5-9-13(12)15(14(16)17)10-6-3-7-11-15/h4-5,8-9H,2-3,6-7,10-11H2,1H3,(H2,16,17). The van der Waals surface area contributed by atoms with Crippen LogP contribution in [0, 0.1) is 0 Å². The van der Waals surface area contributed by atoms with Gasteiger partial charge in [0.25, 0.3) is 0 Å². The van der Waals surface area contributed by atoms with Gasteiger partial charge in [0.2, 0.25) is 5.91 Å². The first-order valence-corrected chi connectivity index (χ1v) is 6.59. The first-order chi connectivity index (χ1) is 8.20. The number of rotatable bonds is 3. The van der Waals surface area contributed by atoms with Crippen LogP contribution in [0.2, 0.25) is 0 Å². The van der Waals surface area contributed by atoms with Gasteiger partial charge in [-0.25, -0.2) is 0 Å². The molecular formula is C15H21NO. The van der Waals surface area contributed by atoms with E-state index in [4.69, 9.17) is 5.73 Å². The zero-order chi connectivity index (χ0) is 12.3. The van der Waals surface area contributed by atoms with E-state index in [0.29, 0.717) is 0 Å². The van der Waals surface area contributed by atoms with Crippen LogP contribution >= 0.6 is 0 Å². The zero-order valence-electron chi connectivity index (χ0n) is 10.5. The molecule has 2 nitrogen and oxygen atoms in total. The Labute approximate surface area is 103 Å². The highest BCUT2D eigenvalue weighted by atomic mass is 16.1. The molecule has 1 saturated carbocycles. The smallest absolute Gasteiger partial charge is 0.228 e. The quantitative estimate of drug-likeness (QED) is 0.854. The minimum Gasteiger partial charge on any atom is -0.369 e. The molecule has 1 amide bonds. The Balaban J connectivity index is 2.48. The van der Waals surface area contributed by atoms with E-state index in [0.717, 1.165) is 32.1 Å². The lowest BCUT2D eigenvalue weighted by molar-refractivity contribution is -0.124. The van der Waals surface area contributed by atoms with Gasteiger partial charge in [0.1, 0.15) is 0 Å². The second-order valence-corrected chi connectivity index (χ2v) is 5.02. The average Bonchev–Trinajstić information content (AvgIpc) is 2.39. The maximum atomic E-state index is 12.0. The molecule has 0 heterocycles. The molecular weight excluding hydrogens is 210 g/mol. The van der Waals surface area contributed by atoms with Crippen LogP contribution in [0.3, 0.4) is 0 Å². The molecule has 92 valence electrons. The number of amides is 1. The number of carbonyl (C=O) groups excluding carboxylic acids is 1. The van der Waals surface area contributed by atoms with E-state index in [1.165, 1.54) is 17.5 Å². The van der Waals surface area contributed by atoms with Gasteiger partial charge in [-0.3, -0.25) is 4.79 Å². The van der Waals surface area contributed by atoms with Gasteiger partial charge in [-0.15, -0.1) is 0 Å². The summed E-state index contributed by atoms with van der Waals surface area (Å²) < 4.78 is 0. The van der Waals surface area contributed by atoms with Crippen LogP contribution in [0.4, 0.5) is 0 Å². The van der Waals surface area contributed by atoms with Crippen molar-refractivity contribution in [2.45, 2.75) is 50.9 Å². The molecule has 0 atom stereocenters. The molecule has 0 unspecified atom stereocenters. The predicted octanol–water partition coefficient (Wildman–Crippen LogP) is 2.94. The third kappa shape index (κ3) is 2.08. The van der Waals surface area contributed by atoms with E-state index in [1.54, 1.807) is 0 Å². The summed E-state index contributed by atoms with van der Waals surface area (Å²) in [6.07, 6.45) is 6.25. The van der Waals surface area contributed by atoms with E-state index < -0.39 is 5.41 Å². The maximum Gasteiger partial charge on any atom is 0.228 e.